The average molecular weight is 432 g/mol. The number of nitrogens with one attached hydrogen (secondary N) is 3. The standard InChI is InChI=1S/C24H41N5O2/c1-18(2)13-22(29-9-11-31-12-10-29)17-27-24(25-5)26-16-20-7-6-8-21(15-20)28-23(30)14-19(3)4/h6-8,15,18-19,22H,9-14,16-17H2,1-5H3,(H,28,30)(H2,25,26,27). The lowest BCUT2D eigenvalue weighted by Crippen LogP contribution is -2.50. The van der Waals surface area contributed by atoms with Gasteiger partial charge in [-0.05, 0) is 36.0 Å². The summed E-state index contributed by atoms with van der Waals surface area (Å²) in [5.41, 5.74) is 1.93. The molecule has 7 nitrogen and oxygen atoms in total. The van der Waals surface area contributed by atoms with E-state index in [0.29, 0.717) is 30.8 Å². The highest BCUT2D eigenvalue weighted by Crippen LogP contribution is 2.14. The number of rotatable bonds is 10. The van der Waals surface area contributed by atoms with Gasteiger partial charge in [0.2, 0.25) is 5.91 Å². The maximum Gasteiger partial charge on any atom is 0.224 e. The van der Waals surface area contributed by atoms with Crippen molar-refractivity contribution in [3.63, 3.8) is 0 Å². The Labute approximate surface area is 188 Å². The number of guanidine groups is 1. The zero-order valence-electron chi connectivity index (χ0n) is 19.9. The predicted molar refractivity (Wildman–Crippen MR) is 128 cm³/mol. The summed E-state index contributed by atoms with van der Waals surface area (Å²) in [5, 5.41) is 9.87. The number of hydrogen-bond acceptors (Lipinski definition) is 4. The first-order valence-electron chi connectivity index (χ1n) is 11.5. The van der Waals surface area contributed by atoms with E-state index in [4.69, 9.17) is 4.74 Å². The molecule has 0 saturated carbocycles. The molecule has 1 aromatic carbocycles. The van der Waals surface area contributed by atoms with Crippen molar-refractivity contribution in [1.82, 2.24) is 15.5 Å². The van der Waals surface area contributed by atoms with Crippen molar-refractivity contribution >= 4 is 17.6 Å². The largest absolute Gasteiger partial charge is 0.379 e. The van der Waals surface area contributed by atoms with Crippen molar-refractivity contribution in [2.75, 3.05) is 45.2 Å². The molecular formula is C24H41N5O2. The number of nitrogens with zero attached hydrogens (tertiary/aromatic N) is 2. The molecule has 0 bridgehead atoms. The van der Waals surface area contributed by atoms with Crippen LogP contribution in [-0.4, -0.2) is 62.7 Å². The summed E-state index contributed by atoms with van der Waals surface area (Å²) in [4.78, 5) is 18.9. The molecule has 0 spiro atoms. The Morgan fingerprint density at radius 1 is 1.13 bits per heavy atom. The van der Waals surface area contributed by atoms with E-state index in [1.807, 2.05) is 38.1 Å². The summed E-state index contributed by atoms with van der Waals surface area (Å²) in [7, 11) is 1.80. The van der Waals surface area contributed by atoms with E-state index in [2.05, 4.69) is 39.7 Å². The molecule has 1 amide bonds. The molecule has 0 aromatic heterocycles. The fourth-order valence-electron chi connectivity index (χ4n) is 3.81. The highest BCUT2D eigenvalue weighted by molar-refractivity contribution is 5.90. The minimum absolute atomic E-state index is 0.0527. The molecule has 31 heavy (non-hydrogen) atoms. The highest BCUT2D eigenvalue weighted by atomic mass is 16.5. The maximum atomic E-state index is 12.0. The summed E-state index contributed by atoms with van der Waals surface area (Å²) in [5.74, 6) is 1.82. The lowest BCUT2D eigenvalue weighted by Gasteiger charge is -2.35. The van der Waals surface area contributed by atoms with Gasteiger partial charge in [-0.3, -0.25) is 14.7 Å². The second-order valence-corrected chi connectivity index (χ2v) is 9.08. The van der Waals surface area contributed by atoms with Crippen LogP contribution in [0.2, 0.25) is 0 Å². The minimum atomic E-state index is 0.0527. The van der Waals surface area contributed by atoms with Gasteiger partial charge in [0, 0.05) is 51.4 Å². The van der Waals surface area contributed by atoms with Crippen LogP contribution in [0.15, 0.2) is 29.3 Å². The van der Waals surface area contributed by atoms with Gasteiger partial charge in [0.1, 0.15) is 0 Å². The van der Waals surface area contributed by atoms with E-state index in [9.17, 15) is 4.79 Å². The Bertz CT molecular complexity index is 699. The zero-order chi connectivity index (χ0) is 22.6. The molecule has 1 heterocycles. The first-order valence-corrected chi connectivity index (χ1v) is 11.5. The summed E-state index contributed by atoms with van der Waals surface area (Å²) in [6, 6.07) is 8.41. The molecule has 174 valence electrons. The number of morpholine rings is 1. The number of amides is 1. The number of hydrogen-bond donors (Lipinski definition) is 3. The summed E-state index contributed by atoms with van der Waals surface area (Å²) in [6.07, 6.45) is 1.67. The van der Waals surface area contributed by atoms with Crippen molar-refractivity contribution in [3.8, 4) is 0 Å². The number of benzene rings is 1. The molecule has 0 radical (unpaired) electrons. The topological polar surface area (TPSA) is 78.0 Å². The Morgan fingerprint density at radius 3 is 2.52 bits per heavy atom. The molecule has 2 rings (SSSR count). The number of aliphatic imine (C=N–C) groups is 1. The van der Waals surface area contributed by atoms with E-state index >= 15 is 0 Å². The smallest absolute Gasteiger partial charge is 0.224 e. The average Bonchev–Trinajstić information content (AvgIpc) is 2.73. The number of ether oxygens (including phenoxy) is 1. The SMILES string of the molecule is CN=C(NCc1cccc(NC(=O)CC(C)C)c1)NCC(CC(C)C)N1CCOCC1. The first-order chi connectivity index (χ1) is 14.9. The first kappa shape index (κ1) is 25.1. The monoisotopic (exact) mass is 431 g/mol. The molecule has 1 aliphatic rings. The molecule has 1 aliphatic heterocycles. The Balaban J connectivity index is 1.86. The number of anilines is 1. The minimum Gasteiger partial charge on any atom is -0.379 e. The summed E-state index contributed by atoms with van der Waals surface area (Å²) in [6.45, 7) is 13.7. The van der Waals surface area contributed by atoms with Crippen molar-refractivity contribution in [3.05, 3.63) is 29.8 Å². The van der Waals surface area contributed by atoms with E-state index in [1.54, 1.807) is 7.05 Å². The number of carbonyl (C=O) groups excluding carboxylic acids is 1. The van der Waals surface area contributed by atoms with Crippen molar-refractivity contribution in [1.29, 1.82) is 0 Å². The van der Waals surface area contributed by atoms with E-state index in [1.165, 1.54) is 0 Å². The van der Waals surface area contributed by atoms with Gasteiger partial charge >= 0.3 is 0 Å². The highest BCUT2D eigenvalue weighted by Gasteiger charge is 2.22. The van der Waals surface area contributed by atoms with Crippen LogP contribution in [-0.2, 0) is 16.1 Å². The van der Waals surface area contributed by atoms with Crippen LogP contribution >= 0.6 is 0 Å². The van der Waals surface area contributed by atoms with Gasteiger partial charge in [0.15, 0.2) is 5.96 Å². The normalized spacial score (nSPS) is 16.4. The van der Waals surface area contributed by atoms with Gasteiger partial charge in [-0.25, -0.2) is 0 Å². The van der Waals surface area contributed by atoms with Crippen LogP contribution in [0.4, 0.5) is 5.69 Å². The third-order valence-electron chi connectivity index (χ3n) is 5.30. The van der Waals surface area contributed by atoms with Gasteiger partial charge < -0.3 is 20.7 Å². The molecule has 1 atom stereocenters. The molecule has 7 heteroatoms. The summed E-state index contributed by atoms with van der Waals surface area (Å²) < 4.78 is 5.52. The molecule has 1 fully saturated rings. The van der Waals surface area contributed by atoms with Crippen LogP contribution < -0.4 is 16.0 Å². The predicted octanol–water partition coefficient (Wildman–Crippen LogP) is 3.08. The van der Waals surface area contributed by atoms with Crippen LogP contribution in [0.1, 0.15) is 46.1 Å². The van der Waals surface area contributed by atoms with Crippen LogP contribution in [0.25, 0.3) is 0 Å². The number of carbonyl (C=O) groups is 1. The molecule has 3 N–H and O–H groups in total. The maximum absolute atomic E-state index is 12.0. The Morgan fingerprint density at radius 2 is 1.87 bits per heavy atom. The van der Waals surface area contributed by atoms with Crippen molar-refractivity contribution in [2.24, 2.45) is 16.8 Å². The fourth-order valence-corrected chi connectivity index (χ4v) is 3.81. The Kier molecular flexibility index (Phi) is 10.8. The van der Waals surface area contributed by atoms with Crippen LogP contribution in [0, 0.1) is 11.8 Å². The molecule has 0 aliphatic carbocycles. The third kappa shape index (κ3) is 9.70. The molecule has 1 unspecified atom stereocenters. The van der Waals surface area contributed by atoms with Gasteiger partial charge in [-0.15, -0.1) is 0 Å². The van der Waals surface area contributed by atoms with E-state index in [0.717, 1.165) is 56.5 Å². The van der Waals surface area contributed by atoms with Crippen molar-refractivity contribution in [2.45, 2.75) is 53.1 Å². The van der Waals surface area contributed by atoms with Crippen molar-refractivity contribution < 1.29 is 9.53 Å². The second kappa shape index (κ2) is 13.3. The molecule has 1 aromatic rings. The van der Waals surface area contributed by atoms with Crippen LogP contribution in [0.5, 0.6) is 0 Å². The molecule has 1 saturated heterocycles. The van der Waals surface area contributed by atoms with Gasteiger partial charge in [-0.2, -0.15) is 0 Å². The van der Waals surface area contributed by atoms with Gasteiger partial charge in [0.25, 0.3) is 0 Å². The van der Waals surface area contributed by atoms with E-state index < -0.39 is 0 Å². The third-order valence-corrected chi connectivity index (χ3v) is 5.30. The molecular weight excluding hydrogens is 390 g/mol. The van der Waals surface area contributed by atoms with Crippen LogP contribution in [0.3, 0.4) is 0 Å². The quantitative estimate of drug-likeness (QED) is 0.392. The zero-order valence-corrected chi connectivity index (χ0v) is 19.9. The summed E-state index contributed by atoms with van der Waals surface area (Å²) >= 11 is 0. The lowest BCUT2D eigenvalue weighted by atomic mass is 10.0. The Hall–Kier alpha value is -2.12. The van der Waals surface area contributed by atoms with Gasteiger partial charge in [-0.1, -0.05) is 39.8 Å². The van der Waals surface area contributed by atoms with E-state index in [-0.39, 0.29) is 5.91 Å². The van der Waals surface area contributed by atoms with Gasteiger partial charge in [0.05, 0.1) is 13.2 Å². The fraction of sp³-hybridized carbons (Fsp3) is 0.667. The lowest BCUT2D eigenvalue weighted by molar-refractivity contribution is -0.116. The second-order valence-electron chi connectivity index (χ2n) is 9.08.